The van der Waals surface area contributed by atoms with Crippen LogP contribution in [0.15, 0.2) is 23.2 Å². The van der Waals surface area contributed by atoms with Crippen LogP contribution in [-0.2, 0) is 22.1 Å². The molecular weight excluding hydrogens is 377 g/mol. The summed E-state index contributed by atoms with van der Waals surface area (Å²) in [6, 6.07) is 4.21. The van der Waals surface area contributed by atoms with Gasteiger partial charge in [0.1, 0.15) is 5.82 Å². The minimum Gasteiger partial charge on any atom is -0.357 e. The van der Waals surface area contributed by atoms with Crippen molar-refractivity contribution in [2.45, 2.75) is 58.2 Å². The van der Waals surface area contributed by atoms with Crippen molar-refractivity contribution in [3.05, 3.63) is 35.1 Å². The van der Waals surface area contributed by atoms with Crippen molar-refractivity contribution in [3.8, 4) is 0 Å². The lowest BCUT2D eigenvalue weighted by Gasteiger charge is -2.28. The molecule has 0 unspecified atom stereocenters. The summed E-state index contributed by atoms with van der Waals surface area (Å²) in [5.41, 5.74) is 1.20. The number of hydrogen-bond acceptors (Lipinski definition) is 3. The summed E-state index contributed by atoms with van der Waals surface area (Å²) in [6.07, 6.45) is 7.54. The Kier molecular flexibility index (Phi) is 8.73. The Morgan fingerprint density at radius 3 is 2.39 bits per heavy atom. The first-order valence-corrected chi connectivity index (χ1v) is 12.3. The second-order valence-corrected chi connectivity index (χ2v) is 9.99. The highest BCUT2D eigenvalue weighted by atomic mass is 32.2. The number of rotatable bonds is 8. The van der Waals surface area contributed by atoms with Crippen LogP contribution < -0.4 is 10.6 Å². The summed E-state index contributed by atoms with van der Waals surface area (Å²) in [5.74, 6) is 1.73. The van der Waals surface area contributed by atoms with Crippen molar-refractivity contribution in [3.63, 3.8) is 0 Å². The van der Waals surface area contributed by atoms with Gasteiger partial charge in [0.15, 0.2) is 15.8 Å². The third-order valence-corrected chi connectivity index (χ3v) is 6.27. The van der Waals surface area contributed by atoms with Crippen molar-refractivity contribution >= 4 is 15.8 Å². The highest BCUT2D eigenvalue weighted by Crippen LogP contribution is 2.30. The molecule has 158 valence electrons. The Labute approximate surface area is 169 Å². The van der Waals surface area contributed by atoms with Crippen molar-refractivity contribution < 1.29 is 12.8 Å². The van der Waals surface area contributed by atoms with E-state index < -0.39 is 9.84 Å². The van der Waals surface area contributed by atoms with Crippen molar-refractivity contribution in [2.75, 3.05) is 19.3 Å². The molecule has 0 aromatic heterocycles. The zero-order valence-corrected chi connectivity index (χ0v) is 18.1. The molecule has 1 saturated carbocycles. The van der Waals surface area contributed by atoms with Crippen molar-refractivity contribution in [1.82, 2.24) is 10.6 Å². The molecule has 0 aliphatic heterocycles. The quantitative estimate of drug-likeness (QED) is 0.506. The van der Waals surface area contributed by atoms with E-state index in [-0.39, 0.29) is 18.1 Å². The van der Waals surface area contributed by atoms with Gasteiger partial charge in [0, 0.05) is 19.3 Å². The summed E-state index contributed by atoms with van der Waals surface area (Å²) < 4.78 is 37.0. The normalized spacial score (nSPS) is 20.8. The van der Waals surface area contributed by atoms with Crippen LogP contribution in [0.25, 0.3) is 0 Å². The Hall–Kier alpha value is -1.63. The zero-order chi connectivity index (χ0) is 20.6. The van der Waals surface area contributed by atoms with E-state index in [0.29, 0.717) is 23.0 Å². The number of aliphatic imine (C=N–C) groups is 1. The Morgan fingerprint density at radius 1 is 1.11 bits per heavy atom. The fourth-order valence-corrected chi connectivity index (χ4v) is 4.60. The number of guanidine groups is 1. The number of sulfone groups is 1. The van der Waals surface area contributed by atoms with Crippen LogP contribution in [0.2, 0.25) is 0 Å². The first-order chi connectivity index (χ1) is 13.3. The lowest BCUT2D eigenvalue weighted by molar-refractivity contribution is 0.269. The van der Waals surface area contributed by atoms with E-state index in [1.807, 2.05) is 6.92 Å². The van der Waals surface area contributed by atoms with Crippen LogP contribution in [0.5, 0.6) is 0 Å². The van der Waals surface area contributed by atoms with E-state index in [4.69, 9.17) is 0 Å². The molecule has 2 rings (SSSR count). The fourth-order valence-electron chi connectivity index (χ4n) is 3.76. The highest BCUT2D eigenvalue weighted by molar-refractivity contribution is 7.89. The summed E-state index contributed by atoms with van der Waals surface area (Å²) in [4.78, 5) is 4.56. The Balaban J connectivity index is 2.01. The van der Waals surface area contributed by atoms with Gasteiger partial charge in [-0.15, -0.1) is 0 Å². The SMILES string of the molecule is CCNC(=NCc1cc(F)ccc1CS(C)(=O)=O)NCC1CCC(CC)CC1. The van der Waals surface area contributed by atoms with E-state index in [0.717, 1.165) is 19.0 Å². The monoisotopic (exact) mass is 411 g/mol. The van der Waals surface area contributed by atoms with E-state index in [1.54, 1.807) is 0 Å². The van der Waals surface area contributed by atoms with Crippen LogP contribution in [0.1, 0.15) is 57.1 Å². The van der Waals surface area contributed by atoms with Crippen LogP contribution in [0, 0.1) is 17.7 Å². The molecule has 0 bridgehead atoms. The van der Waals surface area contributed by atoms with Gasteiger partial charge in [-0.05, 0) is 54.9 Å². The molecule has 7 heteroatoms. The average Bonchev–Trinajstić information content (AvgIpc) is 2.65. The first kappa shape index (κ1) is 22.7. The van der Waals surface area contributed by atoms with Gasteiger partial charge in [-0.25, -0.2) is 17.8 Å². The van der Waals surface area contributed by atoms with Crippen LogP contribution in [0.3, 0.4) is 0 Å². The minimum atomic E-state index is -3.20. The Bertz CT molecular complexity index is 757. The molecule has 1 aliphatic rings. The summed E-state index contributed by atoms with van der Waals surface area (Å²) in [6.45, 7) is 6.11. The summed E-state index contributed by atoms with van der Waals surface area (Å²) in [7, 11) is -3.20. The van der Waals surface area contributed by atoms with Crippen molar-refractivity contribution in [2.24, 2.45) is 16.8 Å². The molecule has 2 N–H and O–H groups in total. The largest absolute Gasteiger partial charge is 0.357 e. The number of nitrogens with one attached hydrogen (secondary N) is 2. The lowest BCUT2D eigenvalue weighted by atomic mass is 9.81. The lowest BCUT2D eigenvalue weighted by Crippen LogP contribution is -2.40. The fraction of sp³-hybridized carbons (Fsp3) is 0.667. The predicted octanol–water partition coefficient (Wildman–Crippen LogP) is 3.64. The number of halogens is 1. The van der Waals surface area contributed by atoms with Crippen LogP contribution >= 0.6 is 0 Å². The van der Waals surface area contributed by atoms with Gasteiger partial charge < -0.3 is 10.6 Å². The second-order valence-electron chi connectivity index (χ2n) is 7.85. The standard InChI is InChI=1S/C21H34FN3O2S/c1-4-16-6-8-17(9-7-16)13-24-21(23-5-2)25-14-19-12-20(22)11-10-18(19)15-28(3,26)27/h10-12,16-17H,4-9,13-15H2,1-3H3,(H2,23,24,25). The van der Waals surface area contributed by atoms with Crippen LogP contribution in [0.4, 0.5) is 4.39 Å². The molecule has 1 aromatic carbocycles. The smallest absolute Gasteiger partial charge is 0.191 e. The molecule has 1 aromatic rings. The van der Waals surface area contributed by atoms with Crippen LogP contribution in [-0.4, -0.2) is 33.7 Å². The molecule has 1 aliphatic carbocycles. The topological polar surface area (TPSA) is 70.6 Å². The second kappa shape index (κ2) is 10.8. The van der Waals surface area contributed by atoms with Gasteiger partial charge in [0.05, 0.1) is 12.3 Å². The van der Waals surface area contributed by atoms with E-state index in [1.165, 1.54) is 56.6 Å². The molecule has 5 nitrogen and oxygen atoms in total. The molecule has 0 atom stereocenters. The number of hydrogen-bond donors (Lipinski definition) is 2. The number of nitrogens with zero attached hydrogens (tertiary/aromatic N) is 1. The van der Waals surface area contributed by atoms with Gasteiger partial charge in [0.2, 0.25) is 0 Å². The molecule has 0 heterocycles. The number of benzene rings is 1. The average molecular weight is 412 g/mol. The molecule has 0 radical (unpaired) electrons. The maximum absolute atomic E-state index is 13.7. The Morgan fingerprint density at radius 2 is 1.79 bits per heavy atom. The summed E-state index contributed by atoms with van der Waals surface area (Å²) in [5, 5.41) is 6.62. The molecule has 0 saturated heterocycles. The maximum Gasteiger partial charge on any atom is 0.191 e. The maximum atomic E-state index is 13.7. The predicted molar refractivity (Wildman–Crippen MR) is 114 cm³/mol. The molecule has 0 amide bonds. The van der Waals surface area contributed by atoms with E-state index in [9.17, 15) is 12.8 Å². The van der Waals surface area contributed by atoms with Crippen molar-refractivity contribution in [1.29, 1.82) is 0 Å². The molecule has 28 heavy (non-hydrogen) atoms. The minimum absolute atomic E-state index is 0.108. The first-order valence-electron chi connectivity index (χ1n) is 10.3. The van der Waals surface area contributed by atoms with Gasteiger partial charge in [-0.2, -0.15) is 0 Å². The third-order valence-electron chi connectivity index (χ3n) is 5.44. The zero-order valence-electron chi connectivity index (χ0n) is 17.3. The highest BCUT2D eigenvalue weighted by Gasteiger charge is 2.20. The molecule has 1 fully saturated rings. The van der Waals surface area contributed by atoms with E-state index in [2.05, 4.69) is 22.5 Å². The summed E-state index contributed by atoms with van der Waals surface area (Å²) >= 11 is 0. The van der Waals surface area contributed by atoms with Gasteiger partial charge in [-0.1, -0.05) is 32.3 Å². The van der Waals surface area contributed by atoms with Gasteiger partial charge in [0.25, 0.3) is 0 Å². The van der Waals surface area contributed by atoms with Gasteiger partial charge >= 0.3 is 0 Å². The molecule has 0 spiro atoms. The van der Waals surface area contributed by atoms with E-state index >= 15 is 0 Å². The van der Waals surface area contributed by atoms with Gasteiger partial charge in [-0.3, -0.25) is 0 Å². The molecular formula is C21H34FN3O2S. The third kappa shape index (κ3) is 7.78.